The van der Waals surface area contributed by atoms with Crippen molar-refractivity contribution in [2.45, 2.75) is 6.92 Å². The number of hydrogen-bond acceptors (Lipinski definition) is 3. The molecule has 0 saturated carbocycles. The Morgan fingerprint density at radius 1 is 1.05 bits per heavy atom. The molecule has 2 aromatic carbocycles. The highest BCUT2D eigenvalue weighted by atomic mass is 32.1. The van der Waals surface area contributed by atoms with Gasteiger partial charge in [-0.1, -0.05) is 59.9 Å². The molecule has 4 heteroatoms. The number of aromatic nitrogens is 1. The molecule has 0 unspecified atom stereocenters. The Kier molecular flexibility index (Phi) is 4.30. The van der Waals surface area contributed by atoms with E-state index < -0.39 is 0 Å². The first kappa shape index (κ1) is 14.5. The van der Waals surface area contributed by atoms with Crippen LogP contribution < -0.4 is 4.80 Å². The number of para-hydroxylation sites is 1. The van der Waals surface area contributed by atoms with Crippen LogP contribution in [0.2, 0.25) is 0 Å². The molecule has 0 bridgehead atoms. The first-order valence-corrected chi connectivity index (χ1v) is 7.91. The molecule has 0 atom stereocenters. The third-order valence-corrected chi connectivity index (χ3v) is 4.42. The van der Waals surface area contributed by atoms with Crippen LogP contribution in [0, 0.1) is 0 Å². The molecule has 0 saturated heterocycles. The molecule has 0 amide bonds. The number of aryl methyl sites for hydroxylation is 1. The second-order valence-electron chi connectivity index (χ2n) is 5.05. The van der Waals surface area contributed by atoms with Crippen molar-refractivity contribution < 1.29 is 0 Å². The number of thiazole rings is 1. The van der Waals surface area contributed by atoms with E-state index in [2.05, 4.69) is 45.1 Å². The molecule has 0 aliphatic carbocycles. The Balaban J connectivity index is 1.86. The summed E-state index contributed by atoms with van der Waals surface area (Å²) < 4.78 is 3.28. The monoisotopic (exact) mass is 307 g/mol. The lowest BCUT2D eigenvalue weighted by molar-refractivity contribution is 0.889. The van der Waals surface area contributed by atoms with Crippen molar-refractivity contribution in [1.82, 2.24) is 4.57 Å². The highest BCUT2D eigenvalue weighted by Crippen LogP contribution is 2.15. The molecule has 0 aliphatic rings. The molecule has 3 aromatic rings. The third kappa shape index (κ3) is 3.23. The van der Waals surface area contributed by atoms with Crippen LogP contribution in [-0.4, -0.2) is 10.8 Å². The van der Waals surface area contributed by atoms with E-state index in [9.17, 15) is 0 Å². The van der Waals surface area contributed by atoms with Gasteiger partial charge >= 0.3 is 0 Å². The van der Waals surface area contributed by atoms with E-state index in [0.717, 1.165) is 10.4 Å². The number of hydrogen-bond donors (Lipinski definition) is 0. The minimum Gasteiger partial charge on any atom is -0.318 e. The predicted molar refractivity (Wildman–Crippen MR) is 94.9 cm³/mol. The van der Waals surface area contributed by atoms with Gasteiger partial charge in [0.05, 0.1) is 16.4 Å². The van der Waals surface area contributed by atoms with E-state index in [1.54, 1.807) is 17.6 Å². The van der Waals surface area contributed by atoms with Crippen LogP contribution >= 0.6 is 11.3 Å². The van der Waals surface area contributed by atoms with Crippen LogP contribution in [0.1, 0.15) is 12.5 Å². The van der Waals surface area contributed by atoms with Gasteiger partial charge < -0.3 is 4.57 Å². The summed E-state index contributed by atoms with van der Waals surface area (Å²) >= 11 is 1.64. The van der Waals surface area contributed by atoms with Gasteiger partial charge in [-0.3, -0.25) is 0 Å². The van der Waals surface area contributed by atoms with Crippen LogP contribution in [0.5, 0.6) is 0 Å². The molecule has 22 heavy (non-hydrogen) atoms. The first-order valence-electron chi connectivity index (χ1n) is 7.09. The number of benzene rings is 2. The summed E-state index contributed by atoms with van der Waals surface area (Å²) in [6.07, 6.45) is 3.88. The maximum Gasteiger partial charge on any atom is 0.211 e. The average molecular weight is 307 g/mol. The number of allylic oxidation sites excluding steroid dienone is 1. The highest BCUT2D eigenvalue weighted by Gasteiger charge is 2.00. The average Bonchev–Trinajstić information content (AvgIpc) is 2.85. The zero-order valence-electron chi connectivity index (χ0n) is 12.6. The summed E-state index contributed by atoms with van der Waals surface area (Å²) in [4.78, 5) is 0.893. The highest BCUT2D eigenvalue weighted by molar-refractivity contribution is 7.16. The SMILES string of the molecule is CC(C=NN=c1sc2ccccc2n1C)=Cc1ccccc1. The number of fused-ring (bicyclic) bond motifs is 1. The second kappa shape index (κ2) is 6.54. The van der Waals surface area contributed by atoms with Gasteiger partial charge in [-0.15, -0.1) is 5.10 Å². The minimum atomic E-state index is 0.893. The van der Waals surface area contributed by atoms with Crippen molar-refractivity contribution in [2.24, 2.45) is 17.3 Å². The third-order valence-electron chi connectivity index (χ3n) is 3.31. The van der Waals surface area contributed by atoms with Gasteiger partial charge in [0, 0.05) is 7.05 Å². The zero-order valence-corrected chi connectivity index (χ0v) is 13.4. The van der Waals surface area contributed by atoms with Crippen LogP contribution in [-0.2, 0) is 7.05 Å². The lowest BCUT2D eigenvalue weighted by Gasteiger charge is -1.93. The Morgan fingerprint density at radius 3 is 2.55 bits per heavy atom. The van der Waals surface area contributed by atoms with Gasteiger partial charge in [-0.2, -0.15) is 5.10 Å². The summed E-state index contributed by atoms with van der Waals surface area (Å²) in [7, 11) is 2.01. The molecule has 0 fully saturated rings. The lowest BCUT2D eigenvalue weighted by atomic mass is 10.1. The van der Waals surface area contributed by atoms with E-state index in [1.807, 2.05) is 44.3 Å². The summed E-state index contributed by atoms with van der Waals surface area (Å²) in [5, 5.41) is 8.55. The fourth-order valence-corrected chi connectivity index (χ4v) is 3.17. The zero-order chi connectivity index (χ0) is 15.4. The van der Waals surface area contributed by atoms with Crippen molar-refractivity contribution in [3.63, 3.8) is 0 Å². The molecule has 0 N–H and O–H groups in total. The lowest BCUT2D eigenvalue weighted by Crippen LogP contribution is -2.08. The van der Waals surface area contributed by atoms with E-state index in [4.69, 9.17) is 0 Å². The van der Waals surface area contributed by atoms with E-state index in [0.29, 0.717) is 0 Å². The minimum absolute atomic E-state index is 0.893. The molecule has 0 radical (unpaired) electrons. The van der Waals surface area contributed by atoms with Gasteiger partial charge in [0.2, 0.25) is 4.80 Å². The van der Waals surface area contributed by atoms with Gasteiger partial charge in [-0.25, -0.2) is 0 Å². The van der Waals surface area contributed by atoms with Crippen LogP contribution in [0.3, 0.4) is 0 Å². The smallest absolute Gasteiger partial charge is 0.211 e. The van der Waals surface area contributed by atoms with Crippen LogP contribution in [0.25, 0.3) is 16.3 Å². The Bertz CT molecular complexity index is 899. The van der Waals surface area contributed by atoms with Crippen molar-refractivity contribution in [3.05, 3.63) is 70.5 Å². The Labute approximate surface area is 133 Å². The number of rotatable bonds is 3. The molecule has 1 aromatic heterocycles. The molecule has 1 heterocycles. The van der Waals surface area contributed by atoms with Gasteiger partial charge in [0.1, 0.15) is 0 Å². The predicted octanol–water partition coefficient (Wildman–Crippen LogP) is 4.23. The van der Waals surface area contributed by atoms with Crippen molar-refractivity contribution >= 4 is 33.8 Å². The largest absolute Gasteiger partial charge is 0.318 e. The van der Waals surface area contributed by atoms with Gasteiger partial charge in [-0.05, 0) is 30.2 Å². The summed E-state index contributed by atoms with van der Waals surface area (Å²) in [5.74, 6) is 0. The van der Waals surface area contributed by atoms with E-state index in [-0.39, 0.29) is 0 Å². The van der Waals surface area contributed by atoms with Crippen LogP contribution in [0.4, 0.5) is 0 Å². The molecular weight excluding hydrogens is 290 g/mol. The molecule has 0 aliphatic heterocycles. The molecule has 0 spiro atoms. The summed E-state index contributed by atoms with van der Waals surface area (Å²) in [6, 6.07) is 18.5. The summed E-state index contributed by atoms with van der Waals surface area (Å²) in [6.45, 7) is 2.02. The van der Waals surface area contributed by atoms with E-state index in [1.165, 1.54) is 15.8 Å². The van der Waals surface area contributed by atoms with Crippen molar-refractivity contribution in [2.75, 3.05) is 0 Å². The molecule has 3 nitrogen and oxygen atoms in total. The maximum absolute atomic E-state index is 4.33. The van der Waals surface area contributed by atoms with Gasteiger partial charge in [0.25, 0.3) is 0 Å². The summed E-state index contributed by atoms with van der Waals surface area (Å²) in [5.41, 5.74) is 3.41. The quantitative estimate of drug-likeness (QED) is 0.512. The van der Waals surface area contributed by atoms with Crippen LogP contribution in [0.15, 0.2) is 70.4 Å². The standard InChI is InChI=1S/C18H17N3S/c1-14(12-15-8-4-3-5-9-15)13-19-20-18-21(2)16-10-6-7-11-17(16)22-18/h3-13H,1-2H3. The molecular formula is C18H17N3S. The molecule has 110 valence electrons. The maximum atomic E-state index is 4.33. The van der Waals surface area contributed by atoms with Crippen molar-refractivity contribution in [1.29, 1.82) is 0 Å². The number of nitrogens with zero attached hydrogens (tertiary/aromatic N) is 3. The fraction of sp³-hybridized carbons (Fsp3) is 0.111. The van der Waals surface area contributed by atoms with Crippen molar-refractivity contribution in [3.8, 4) is 0 Å². The van der Waals surface area contributed by atoms with E-state index >= 15 is 0 Å². The normalized spacial score (nSPS) is 13.4. The first-order chi connectivity index (χ1) is 10.7. The van der Waals surface area contributed by atoms with Gasteiger partial charge in [0.15, 0.2) is 0 Å². The topological polar surface area (TPSA) is 29.6 Å². The Hall–Kier alpha value is -2.46. The molecule has 3 rings (SSSR count). The fourth-order valence-electron chi connectivity index (χ4n) is 2.20. The second-order valence-corrected chi connectivity index (χ2v) is 6.06. The Morgan fingerprint density at radius 2 is 1.77 bits per heavy atom.